The number of hydrogen-bond donors (Lipinski definition) is 0. The van der Waals surface area contributed by atoms with Gasteiger partial charge in [-0.2, -0.15) is 0 Å². The van der Waals surface area contributed by atoms with Gasteiger partial charge in [-0.1, -0.05) is 188 Å². The van der Waals surface area contributed by atoms with Crippen molar-refractivity contribution in [3.8, 4) is 11.1 Å². The summed E-state index contributed by atoms with van der Waals surface area (Å²) in [5.41, 5.74) is 2.20. The first kappa shape index (κ1) is 29.3. The largest absolute Gasteiger partial charge is 0.309 e. The molecule has 0 amide bonds. The van der Waals surface area contributed by atoms with Crippen LogP contribution in [0.5, 0.6) is 0 Å². The Morgan fingerprint density at radius 1 is 0.362 bits per heavy atom. The van der Waals surface area contributed by atoms with Crippen molar-refractivity contribution in [2.45, 2.75) is 0 Å². The van der Waals surface area contributed by atoms with Gasteiger partial charge in [-0.25, -0.2) is 0 Å². The smallest absolute Gasteiger partial charge is 0.171 e. The molecule has 0 aromatic heterocycles. The number of hydrogen-bond acceptors (Lipinski definition) is 1. The van der Waals surface area contributed by atoms with E-state index in [-0.39, 0.29) is 0 Å². The normalized spacial score (nSPS) is 11.7. The fourth-order valence-electron chi connectivity index (χ4n) is 6.78. The van der Waals surface area contributed by atoms with Crippen LogP contribution in [0.4, 0.5) is 0 Å². The lowest BCUT2D eigenvalue weighted by Crippen LogP contribution is -2.28. The van der Waals surface area contributed by atoms with Crippen LogP contribution in [0.15, 0.2) is 194 Å². The molecule has 8 rings (SSSR count). The van der Waals surface area contributed by atoms with Crippen molar-refractivity contribution in [1.29, 1.82) is 0 Å². The van der Waals surface area contributed by atoms with Gasteiger partial charge in [0, 0.05) is 21.5 Å². The second-order valence-corrected chi connectivity index (χ2v) is 16.6. The standard InChI is InChI=1S/C44H32OP2/c45-47(37-23-9-3-10-24-37,38-25-11-4-12-26-38)42-32-30-34-18-14-16-28-40(34)44(42)43-39-27-15-13-17-33(39)29-31-41(43)46(35-19-5-1-6-20-35)36-21-7-2-8-22-36/h1-32H. The van der Waals surface area contributed by atoms with Crippen molar-refractivity contribution in [3.05, 3.63) is 194 Å². The molecule has 0 aliphatic carbocycles. The summed E-state index contributed by atoms with van der Waals surface area (Å²) in [6, 6.07) is 67.9. The van der Waals surface area contributed by atoms with E-state index in [2.05, 4.69) is 133 Å². The van der Waals surface area contributed by atoms with Gasteiger partial charge in [-0.15, -0.1) is 0 Å². The zero-order chi connectivity index (χ0) is 31.6. The van der Waals surface area contributed by atoms with Crippen molar-refractivity contribution < 1.29 is 4.57 Å². The van der Waals surface area contributed by atoms with Crippen LogP contribution in [0.25, 0.3) is 32.7 Å². The van der Waals surface area contributed by atoms with Gasteiger partial charge in [-0.3, -0.25) is 0 Å². The predicted octanol–water partition coefficient (Wildman–Crippen LogP) is 9.06. The monoisotopic (exact) mass is 638 g/mol. The molecule has 0 aliphatic rings. The molecular formula is C44H32OP2. The fourth-order valence-corrected chi connectivity index (χ4v) is 12.1. The Labute approximate surface area is 277 Å². The zero-order valence-electron chi connectivity index (χ0n) is 25.8. The maximum absolute atomic E-state index is 16.2. The van der Waals surface area contributed by atoms with E-state index in [0.29, 0.717) is 0 Å². The molecule has 3 heteroatoms. The molecule has 0 radical (unpaired) electrons. The van der Waals surface area contributed by atoms with Gasteiger partial charge in [-0.05, 0) is 57.0 Å². The molecule has 0 bridgehead atoms. The van der Waals surface area contributed by atoms with Crippen LogP contribution in [-0.2, 0) is 4.57 Å². The van der Waals surface area contributed by atoms with E-state index in [1.165, 1.54) is 15.9 Å². The first-order valence-electron chi connectivity index (χ1n) is 15.9. The topological polar surface area (TPSA) is 17.1 Å². The minimum atomic E-state index is -3.35. The summed E-state index contributed by atoms with van der Waals surface area (Å²) in [6.45, 7) is 0. The SMILES string of the molecule is O=P(c1ccccc1)(c1ccccc1)c1ccc2ccccc2c1-c1c(P(c2ccccc2)c2ccccc2)ccc2ccccc12. The van der Waals surface area contributed by atoms with Gasteiger partial charge in [0.2, 0.25) is 0 Å². The summed E-state index contributed by atoms with van der Waals surface area (Å²) < 4.78 is 16.2. The van der Waals surface area contributed by atoms with Crippen LogP contribution in [0.1, 0.15) is 0 Å². The average Bonchev–Trinajstić information content (AvgIpc) is 3.16. The van der Waals surface area contributed by atoms with E-state index >= 15 is 4.57 Å². The van der Waals surface area contributed by atoms with Crippen molar-refractivity contribution in [2.75, 3.05) is 0 Å². The highest BCUT2D eigenvalue weighted by Gasteiger charge is 2.35. The van der Waals surface area contributed by atoms with Crippen molar-refractivity contribution in [3.63, 3.8) is 0 Å². The zero-order valence-corrected chi connectivity index (χ0v) is 27.6. The third kappa shape index (κ3) is 5.23. The predicted molar refractivity (Wildman–Crippen MR) is 205 cm³/mol. The lowest BCUT2D eigenvalue weighted by molar-refractivity contribution is 0.592. The molecule has 0 fully saturated rings. The second kappa shape index (κ2) is 12.6. The maximum atomic E-state index is 16.2. The highest BCUT2D eigenvalue weighted by Crippen LogP contribution is 2.49. The summed E-state index contributed by atoms with van der Waals surface area (Å²) in [6.07, 6.45) is 0. The van der Waals surface area contributed by atoms with E-state index in [1.54, 1.807) is 0 Å². The molecule has 224 valence electrons. The molecule has 0 saturated carbocycles. The lowest BCUT2D eigenvalue weighted by atomic mass is 9.93. The Balaban J connectivity index is 1.56. The molecular weight excluding hydrogens is 606 g/mol. The van der Waals surface area contributed by atoms with E-state index in [0.717, 1.165) is 48.6 Å². The highest BCUT2D eigenvalue weighted by molar-refractivity contribution is 7.85. The third-order valence-corrected chi connectivity index (χ3v) is 14.5. The molecule has 8 aromatic carbocycles. The van der Waals surface area contributed by atoms with Gasteiger partial charge >= 0.3 is 0 Å². The minimum absolute atomic E-state index is 0.831. The molecule has 0 N–H and O–H groups in total. The Bertz CT molecular complexity index is 2290. The van der Waals surface area contributed by atoms with Crippen LogP contribution in [0.2, 0.25) is 0 Å². The van der Waals surface area contributed by atoms with Gasteiger partial charge in [0.05, 0.1) is 0 Å². The van der Waals surface area contributed by atoms with Crippen molar-refractivity contribution >= 4 is 68.4 Å². The summed E-state index contributed by atoms with van der Waals surface area (Å²) >= 11 is 0. The Hall–Kier alpha value is -5.06. The molecule has 0 aliphatic heterocycles. The summed E-state index contributed by atoms with van der Waals surface area (Å²) in [7, 11) is -4.31. The molecule has 1 nitrogen and oxygen atoms in total. The van der Waals surface area contributed by atoms with Crippen LogP contribution in [0.3, 0.4) is 0 Å². The van der Waals surface area contributed by atoms with Crippen LogP contribution in [0, 0.1) is 0 Å². The first-order chi connectivity index (χ1) is 23.2. The Morgan fingerprint density at radius 3 is 1.28 bits per heavy atom. The van der Waals surface area contributed by atoms with E-state index < -0.39 is 15.1 Å². The highest BCUT2D eigenvalue weighted by atomic mass is 31.2. The van der Waals surface area contributed by atoms with E-state index in [4.69, 9.17) is 0 Å². The van der Waals surface area contributed by atoms with Gasteiger partial charge in [0.15, 0.2) is 7.14 Å². The van der Waals surface area contributed by atoms with E-state index in [9.17, 15) is 0 Å². The van der Waals surface area contributed by atoms with Gasteiger partial charge in [0.1, 0.15) is 0 Å². The van der Waals surface area contributed by atoms with E-state index in [1.807, 2.05) is 60.7 Å². The van der Waals surface area contributed by atoms with Crippen LogP contribution >= 0.6 is 15.1 Å². The number of fused-ring (bicyclic) bond motifs is 2. The Kier molecular flexibility index (Phi) is 7.88. The average molecular weight is 639 g/mol. The molecule has 0 heterocycles. The van der Waals surface area contributed by atoms with Crippen molar-refractivity contribution in [1.82, 2.24) is 0 Å². The molecule has 0 saturated heterocycles. The quantitative estimate of drug-likeness (QED) is 0.159. The maximum Gasteiger partial charge on any atom is 0.171 e. The van der Waals surface area contributed by atoms with Crippen LogP contribution < -0.4 is 31.8 Å². The van der Waals surface area contributed by atoms with Gasteiger partial charge in [0.25, 0.3) is 0 Å². The number of benzene rings is 8. The molecule has 8 aromatic rings. The molecule has 0 unspecified atom stereocenters. The van der Waals surface area contributed by atoms with Crippen LogP contribution in [-0.4, -0.2) is 0 Å². The minimum Gasteiger partial charge on any atom is -0.309 e. The second-order valence-electron chi connectivity index (χ2n) is 11.6. The first-order valence-corrected chi connectivity index (χ1v) is 18.9. The molecule has 0 spiro atoms. The molecule has 0 atom stereocenters. The molecule has 47 heavy (non-hydrogen) atoms. The lowest BCUT2D eigenvalue weighted by Gasteiger charge is -2.28. The summed E-state index contributed by atoms with van der Waals surface area (Å²) in [5, 5.41) is 10.9. The Morgan fingerprint density at radius 2 is 0.766 bits per heavy atom. The van der Waals surface area contributed by atoms with Crippen molar-refractivity contribution in [2.24, 2.45) is 0 Å². The number of rotatable bonds is 7. The fraction of sp³-hybridized carbons (Fsp3) is 0. The van der Waals surface area contributed by atoms with Gasteiger partial charge < -0.3 is 4.57 Å². The summed E-state index contributed by atoms with van der Waals surface area (Å²) in [4.78, 5) is 0. The third-order valence-electron chi connectivity index (χ3n) is 8.91. The summed E-state index contributed by atoms with van der Waals surface area (Å²) in [5.74, 6) is 0.